The number of aldehydes is 1. The molecular weight excluding hydrogens is 342 g/mol. The van der Waals surface area contributed by atoms with Crippen molar-refractivity contribution < 1.29 is 19.4 Å². The van der Waals surface area contributed by atoms with Crippen LogP contribution in [-0.2, 0) is 9.78 Å². The van der Waals surface area contributed by atoms with Crippen molar-refractivity contribution in [2.45, 2.75) is 71.1 Å². The first kappa shape index (κ1) is 21.2. The van der Waals surface area contributed by atoms with Crippen molar-refractivity contribution in [1.29, 1.82) is 0 Å². The maximum absolute atomic E-state index is 12.2. The highest BCUT2D eigenvalue weighted by molar-refractivity contribution is 6.01. The molecule has 5 heteroatoms. The highest BCUT2D eigenvalue weighted by Crippen LogP contribution is 2.20. The van der Waals surface area contributed by atoms with E-state index in [4.69, 9.17) is 9.78 Å². The van der Waals surface area contributed by atoms with Gasteiger partial charge in [0.15, 0.2) is 6.29 Å². The van der Waals surface area contributed by atoms with Crippen molar-refractivity contribution in [1.82, 2.24) is 4.57 Å². The molecule has 27 heavy (non-hydrogen) atoms. The fraction of sp³-hybridized carbons (Fsp3) is 0.545. The summed E-state index contributed by atoms with van der Waals surface area (Å²) in [5.41, 5.74) is 1.09. The van der Waals surface area contributed by atoms with Crippen LogP contribution in [-0.4, -0.2) is 23.6 Å². The number of hydrogen-bond donors (Lipinski definition) is 0. The van der Waals surface area contributed by atoms with Crippen LogP contribution in [0.3, 0.4) is 0 Å². The van der Waals surface area contributed by atoms with Gasteiger partial charge in [-0.15, -0.1) is 0 Å². The second-order valence-corrected chi connectivity index (χ2v) is 6.94. The first-order valence-corrected chi connectivity index (χ1v) is 10.2. The van der Waals surface area contributed by atoms with Gasteiger partial charge in [0.25, 0.3) is 0 Å². The Morgan fingerprint density at radius 1 is 0.963 bits per heavy atom. The van der Waals surface area contributed by atoms with Crippen molar-refractivity contribution in [3.05, 3.63) is 36.0 Å². The van der Waals surface area contributed by atoms with Gasteiger partial charge in [-0.25, -0.2) is 9.36 Å². The van der Waals surface area contributed by atoms with Crippen LogP contribution in [0.5, 0.6) is 0 Å². The molecular formula is C22H31NO4. The molecule has 148 valence electrons. The molecule has 0 spiro atoms. The number of unbranched alkanes of at least 4 members (excludes halogenated alkanes) is 9. The molecule has 0 saturated carbocycles. The van der Waals surface area contributed by atoms with E-state index >= 15 is 0 Å². The first-order valence-electron chi connectivity index (χ1n) is 10.2. The molecule has 0 aliphatic rings. The van der Waals surface area contributed by atoms with Gasteiger partial charge in [0.2, 0.25) is 0 Å². The van der Waals surface area contributed by atoms with Gasteiger partial charge in [-0.1, -0.05) is 82.9 Å². The summed E-state index contributed by atoms with van der Waals surface area (Å²) in [7, 11) is 0. The maximum atomic E-state index is 12.2. The smallest absolute Gasteiger partial charge is 0.298 e. The lowest BCUT2D eigenvalue weighted by Crippen LogP contribution is -2.13. The Morgan fingerprint density at radius 2 is 1.59 bits per heavy atom. The van der Waals surface area contributed by atoms with E-state index in [1.54, 1.807) is 12.1 Å². The van der Waals surface area contributed by atoms with Gasteiger partial charge in [-0.05, 0) is 12.5 Å². The van der Waals surface area contributed by atoms with Crippen LogP contribution in [0.1, 0.15) is 81.5 Å². The molecule has 0 unspecified atom stereocenters. The van der Waals surface area contributed by atoms with Crippen molar-refractivity contribution in [3.8, 4) is 0 Å². The van der Waals surface area contributed by atoms with Gasteiger partial charge in [0.05, 0.1) is 12.1 Å². The van der Waals surface area contributed by atoms with E-state index in [0.717, 1.165) is 24.5 Å². The topological polar surface area (TPSA) is 57.5 Å². The van der Waals surface area contributed by atoms with Crippen LogP contribution < -0.4 is 0 Å². The average molecular weight is 373 g/mol. The van der Waals surface area contributed by atoms with E-state index in [-0.39, 0.29) is 0 Å². The third kappa shape index (κ3) is 6.83. The highest BCUT2D eigenvalue weighted by atomic mass is 17.2. The summed E-state index contributed by atoms with van der Waals surface area (Å²) in [5.74, 6) is 0. The summed E-state index contributed by atoms with van der Waals surface area (Å²) in [4.78, 5) is 33.2. The molecule has 2 rings (SSSR count). The standard InChI is InChI=1S/C22H31NO4/c1-2-3-4-5-6-7-8-9-10-13-16-26-27-22(25)23-17-19(18-24)20-14-11-12-15-21(20)23/h11-12,14-15,17-18H,2-10,13,16H2,1H3. The van der Waals surface area contributed by atoms with E-state index in [0.29, 0.717) is 17.7 Å². The van der Waals surface area contributed by atoms with Crippen molar-refractivity contribution in [2.75, 3.05) is 6.61 Å². The zero-order valence-electron chi connectivity index (χ0n) is 16.3. The Balaban J connectivity index is 1.59. The second-order valence-electron chi connectivity index (χ2n) is 6.94. The van der Waals surface area contributed by atoms with Crippen LogP contribution in [0, 0.1) is 0 Å². The van der Waals surface area contributed by atoms with Crippen LogP contribution in [0.2, 0.25) is 0 Å². The minimum atomic E-state index is -0.633. The first-order chi connectivity index (χ1) is 13.3. The van der Waals surface area contributed by atoms with Crippen molar-refractivity contribution in [2.24, 2.45) is 0 Å². The molecule has 0 bridgehead atoms. The summed E-state index contributed by atoms with van der Waals surface area (Å²) >= 11 is 0. The fourth-order valence-electron chi connectivity index (χ4n) is 3.23. The van der Waals surface area contributed by atoms with Gasteiger partial charge in [0, 0.05) is 17.1 Å². The minimum Gasteiger partial charge on any atom is -0.298 e. The summed E-state index contributed by atoms with van der Waals surface area (Å²) in [6, 6.07) is 7.21. The number of benzene rings is 1. The summed E-state index contributed by atoms with van der Waals surface area (Å²) in [6.45, 7) is 2.63. The molecule has 5 nitrogen and oxygen atoms in total. The monoisotopic (exact) mass is 373 g/mol. The number of hydrogen-bond acceptors (Lipinski definition) is 4. The lowest BCUT2D eigenvalue weighted by atomic mass is 10.1. The van der Waals surface area contributed by atoms with Crippen molar-refractivity contribution >= 4 is 23.3 Å². The van der Waals surface area contributed by atoms with Crippen LogP contribution >= 0.6 is 0 Å². The van der Waals surface area contributed by atoms with Crippen LogP contribution in [0.25, 0.3) is 10.9 Å². The molecule has 0 fully saturated rings. The van der Waals surface area contributed by atoms with Crippen molar-refractivity contribution in [3.63, 3.8) is 0 Å². The lowest BCUT2D eigenvalue weighted by molar-refractivity contribution is -0.238. The largest absolute Gasteiger partial charge is 0.449 e. The Hall–Kier alpha value is -2.14. The number of aromatic nitrogens is 1. The highest BCUT2D eigenvalue weighted by Gasteiger charge is 2.14. The fourth-order valence-corrected chi connectivity index (χ4v) is 3.23. The van der Waals surface area contributed by atoms with Gasteiger partial charge < -0.3 is 0 Å². The Kier molecular flexibility index (Phi) is 9.63. The Labute approximate surface area is 161 Å². The van der Waals surface area contributed by atoms with Crippen LogP contribution in [0.4, 0.5) is 4.79 Å². The SMILES string of the molecule is CCCCCCCCCCCCOOC(=O)n1cc(C=O)c2ccccc21. The zero-order valence-corrected chi connectivity index (χ0v) is 16.3. The number of rotatable bonds is 13. The number of carbonyl (C=O) groups is 2. The lowest BCUT2D eigenvalue weighted by Gasteiger charge is -2.05. The minimum absolute atomic E-state index is 0.391. The van der Waals surface area contributed by atoms with Crippen LogP contribution in [0.15, 0.2) is 30.5 Å². The molecule has 2 aromatic rings. The van der Waals surface area contributed by atoms with Gasteiger partial charge in [0.1, 0.15) is 0 Å². The number of nitrogens with zero attached hydrogens (tertiary/aromatic N) is 1. The van der Waals surface area contributed by atoms with E-state index in [1.165, 1.54) is 62.1 Å². The normalized spacial score (nSPS) is 11.0. The third-order valence-electron chi connectivity index (χ3n) is 4.78. The number of para-hydroxylation sites is 1. The molecule has 0 aliphatic heterocycles. The predicted molar refractivity (Wildman–Crippen MR) is 107 cm³/mol. The molecule has 1 aromatic heterocycles. The predicted octanol–water partition coefficient (Wildman–Crippen LogP) is 6.29. The Morgan fingerprint density at radius 3 is 2.26 bits per heavy atom. The number of carbonyl (C=O) groups excluding carboxylic acids is 2. The van der Waals surface area contributed by atoms with E-state index < -0.39 is 6.09 Å². The molecule has 1 aromatic carbocycles. The molecule has 0 aliphatic carbocycles. The van der Waals surface area contributed by atoms with E-state index in [2.05, 4.69) is 6.92 Å². The molecule has 0 radical (unpaired) electrons. The maximum Gasteiger partial charge on any atom is 0.449 e. The number of fused-ring (bicyclic) bond motifs is 1. The second kappa shape index (κ2) is 12.3. The molecule has 1 heterocycles. The van der Waals surface area contributed by atoms with Gasteiger partial charge in [-0.3, -0.25) is 9.68 Å². The molecule has 0 N–H and O–H groups in total. The van der Waals surface area contributed by atoms with Gasteiger partial charge in [-0.2, -0.15) is 4.89 Å². The van der Waals surface area contributed by atoms with E-state index in [9.17, 15) is 9.59 Å². The molecule has 0 atom stereocenters. The molecule has 0 saturated heterocycles. The average Bonchev–Trinajstić information content (AvgIpc) is 3.07. The zero-order chi connectivity index (χ0) is 19.3. The molecule has 0 amide bonds. The summed E-state index contributed by atoms with van der Waals surface area (Å²) in [5, 5.41) is 0.721. The summed E-state index contributed by atoms with van der Waals surface area (Å²) in [6.07, 6.45) is 14.0. The quantitative estimate of drug-likeness (QED) is 0.179. The summed E-state index contributed by atoms with van der Waals surface area (Å²) < 4.78 is 1.30. The van der Waals surface area contributed by atoms with Gasteiger partial charge >= 0.3 is 6.09 Å². The van der Waals surface area contributed by atoms with E-state index in [1.807, 2.05) is 12.1 Å². The Bertz CT molecular complexity index is 707. The third-order valence-corrected chi connectivity index (χ3v) is 4.78.